The molecule has 0 amide bonds. The summed E-state index contributed by atoms with van der Waals surface area (Å²) in [4.78, 5) is 34.9. The zero-order valence-electron chi connectivity index (χ0n) is 33.0. The number of allylic oxidation sites excluding steroid dienone is 10. The molecule has 53 heavy (non-hydrogen) atoms. The van der Waals surface area contributed by atoms with Gasteiger partial charge in [-0.1, -0.05) is 126 Å². The molecule has 11 heteroatoms. The monoisotopic (exact) mass is 768 g/mol. The summed E-state index contributed by atoms with van der Waals surface area (Å²) in [6.07, 6.45) is 40.5. The number of phosphoric ester groups is 1. The van der Waals surface area contributed by atoms with Crippen molar-refractivity contribution in [2.24, 2.45) is 0 Å². The molecular formula is C42H73O10P. The van der Waals surface area contributed by atoms with Crippen molar-refractivity contribution in [1.29, 1.82) is 0 Å². The average molecular weight is 769 g/mol. The summed E-state index contributed by atoms with van der Waals surface area (Å²) in [5.74, 6) is -1.01. The maximum atomic E-state index is 12.6. The molecule has 0 fully saturated rings. The second-order valence-electron chi connectivity index (χ2n) is 13.3. The quantitative estimate of drug-likeness (QED) is 0.0241. The smallest absolute Gasteiger partial charge is 0.462 e. The van der Waals surface area contributed by atoms with Crippen molar-refractivity contribution in [3.05, 3.63) is 60.8 Å². The van der Waals surface area contributed by atoms with Crippen molar-refractivity contribution in [2.45, 2.75) is 167 Å². The predicted molar refractivity (Wildman–Crippen MR) is 214 cm³/mol. The highest BCUT2D eigenvalue weighted by atomic mass is 31.2. The van der Waals surface area contributed by atoms with Crippen molar-refractivity contribution < 1.29 is 47.8 Å². The van der Waals surface area contributed by atoms with E-state index in [2.05, 4.69) is 67.0 Å². The third-order valence-electron chi connectivity index (χ3n) is 8.14. The summed E-state index contributed by atoms with van der Waals surface area (Å²) in [6, 6.07) is 0. The van der Waals surface area contributed by atoms with Crippen molar-refractivity contribution >= 4 is 19.8 Å². The first kappa shape index (κ1) is 50.7. The molecule has 3 N–H and O–H groups in total. The van der Waals surface area contributed by atoms with Crippen molar-refractivity contribution in [1.82, 2.24) is 0 Å². The Morgan fingerprint density at radius 3 is 1.58 bits per heavy atom. The van der Waals surface area contributed by atoms with Crippen LogP contribution in [0.1, 0.15) is 155 Å². The van der Waals surface area contributed by atoms with Gasteiger partial charge < -0.3 is 24.6 Å². The number of aliphatic hydroxyl groups excluding tert-OH is 2. The van der Waals surface area contributed by atoms with Gasteiger partial charge >= 0.3 is 19.8 Å². The molecule has 0 aromatic rings. The van der Waals surface area contributed by atoms with Crippen LogP contribution in [0.25, 0.3) is 0 Å². The SMILES string of the molecule is CCCCC/C=C\C/C=C\C/C=C\C/C=C\CCCC(=O)O[C@H](COC(=O)CCCCCCC/C=C\CCCCCC)COP(=O)(O)OC[C@@H](O)CO. The number of phosphoric acid groups is 1. The maximum absolute atomic E-state index is 12.6. The van der Waals surface area contributed by atoms with Crippen LogP contribution in [0.5, 0.6) is 0 Å². The Hall–Kier alpha value is -2.33. The largest absolute Gasteiger partial charge is 0.472 e. The minimum absolute atomic E-state index is 0.104. The molecule has 0 radical (unpaired) electrons. The molecule has 0 aromatic heterocycles. The van der Waals surface area contributed by atoms with E-state index >= 15 is 0 Å². The molecular weight excluding hydrogens is 695 g/mol. The fourth-order valence-corrected chi connectivity index (χ4v) is 5.77. The Kier molecular flexibility index (Phi) is 36.3. The average Bonchev–Trinajstić information content (AvgIpc) is 3.14. The van der Waals surface area contributed by atoms with Crippen LogP contribution in [0.2, 0.25) is 0 Å². The first-order valence-electron chi connectivity index (χ1n) is 20.2. The standard InChI is InChI=1S/C42H73O10P/c1-3-5-7-9-11-13-15-17-18-19-20-22-24-26-28-30-32-34-42(46)52-40(38-51-53(47,48)50-36-39(44)35-43)37-49-41(45)33-31-29-27-25-23-21-16-14-12-10-8-6-4-2/h11,13-14,16-18,20,22,26,28,39-40,43-44H,3-10,12,15,19,21,23-25,27,29-38H2,1-2H3,(H,47,48)/b13-11-,16-14-,18-17-,22-20-,28-26-/t39-,40+/m0/s1. The highest BCUT2D eigenvalue weighted by Gasteiger charge is 2.27. The Labute approximate surface area is 321 Å². The number of rotatable bonds is 37. The van der Waals surface area contributed by atoms with Crippen LogP contribution in [0.4, 0.5) is 0 Å². The lowest BCUT2D eigenvalue weighted by molar-refractivity contribution is -0.161. The van der Waals surface area contributed by atoms with E-state index in [1.807, 2.05) is 12.2 Å². The highest BCUT2D eigenvalue weighted by molar-refractivity contribution is 7.47. The number of hydrogen-bond acceptors (Lipinski definition) is 9. The molecule has 0 aliphatic rings. The first-order chi connectivity index (χ1) is 25.7. The fourth-order valence-electron chi connectivity index (χ4n) is 4.98. The zero-order chi connectivity index (χ0) is 39.1. The van der Waals surface area contributed by atoms with Gasteiger partial charge in [0.15, 0.2) is 6.10 Å². The van der Waals surface area contributed by atoms with E-state index in [0.717, 1.165) is 64.2 Å². The van der Waals surface area contributed by atoms with E-state index in [4.69, 9.17) is 19.1 Å². The van der Waals surface area contributed by atoms with E-state index in [1.54, 1.807) is 0 Å². The van der Waals surface area contributed by atoms with E-state index in [1.165, 1.54) is 44.9 Å². The molecule has 0 aliphatic carbocycles. The van der Waals surface area contributed by atoms with Crippen LogP contribution in [-0.4, -0.2) is 65.7 Å². The number of hydrogen-bond donors (Lipinski definition) is 3. The van der Waals surface area contributed by atoms with Crippen LogP contribution >= 0.6 is 7.82 Å². The zero-order valence-corrected chi connectivity index (χ0v) is 33.9. The van der Waals surface area contributed by atoms with Crippen molar-refractivity contribution in [3.8, 4) is 0 Å². The number of aliphatic hydroxyl groups is 2. The molecule has 0 bridgehead atoms. The minimum Gasteiger partial charge on any atom is -0.462 e. The molecule has 0 rings (SSSR count). The first-order valence-corrected chi connectivity index (χ1v) is 21.7. The van der Waals surface area contributed by atoms with E-state index in [0.29, 0.717) is 19.3 Å². The minimum atomic E-state index is -4.63. The summed E-state index contributed by atoms with van der Waals surface area (Å²) in [5.41, 5.74) is 0. The van der Waals surface area contributed by atoms with Crippen molar-refractivity contribution in [3.63, 3.8) is 0 Å². The lowest BCUT2D eigenvalue weighted by Crippen LogP contribution is -2.29. The summed E-state index contributed by atoms with van der Waals surface area (Å²) in [5, 5.41) is 18.3. The summed E-state index contributed by atoms with van der Waals surface area (Å²) >= 11 is 0. The number of carbonyl (C=O) groups is 2. The van der Waals surface area contributed by atoms with Crippen molar-refractivity contribution in [2.75, 3.05) is 26.4 Å². The van der Waals surface area contributed by atoms with E-state index in [-0.39, 0.29) is 19.4 Å². The number of unbranched alkanes of at least 4 members (excludes halogenated alkanes) is 13. The maximum Gasteiger partial charge on any atom is 0.472 e. The Morgan fingerprint density at radius 2 is 1.00 bits per heavy atom. The third kappa shape index (κ3) is 37.8. The van der Waals surface area contributed by atoms with Gasteiger partial charge in [-0.2, -0.15) is 0 Å². The lowest BCUT2D eigenvalue weighted by Gasteiger charge is -2.20. The highest BCUT2D eigenvalue weighted by Crippen LogP contribution is 2.43. The van der Waals surface area contributed by atoms with Crippen LogP contribution in [0.3, 0.4) is 0 Å². The van der Waals surface area contributed by atoms with Crippen LogP contribution < -0.4 is 0 Å². The molecule has 0 saturated carbocycles. The molecule has 0 aliphatic heterocycles. The molecule has 0 aromatic carbocycles. The normalized spacial score (nSPS) is 14.6. The number of ether oxygens (including phenoxy) is 2. The Morgan fingerprint density at radius 1 is 0.566 bits per heavy atom. The summed E-state index contributed by atoms with van der Waals surface area (Å²) in [7, 11) is -4.63. The second-order valence-corrected chi connectivity index (χ2v) is 14.8. The van der Waals surface area contributed by atoms with Crippen LogP contribution in [-0.2, 0) is 32.7 Å². The van der Waals surface area contributed by atoms with Gasteiger partial charge in [0.2, 0.25) is 0 Å². The van der Waals surface area contributed by atoms with Gasteiger partial charge in [-0.25, -0.2) is 4.57 Å². The number of esters is 2. The molecule has 0 saturated heterocycles. The molecule has 306 valence electrons. The molecule has 1 unspecified atom stereocenters. The van der Waals surface area contributed by atoms with Gasteiger partial charge in [0.1, 0.15) is 12.7 Å². The Balaban J connectivity index is 4.47. The van der Waals surface area contributed by atoms with Gasteiger partial charge in [0.05, 0.1) is 19.8 Å². The molecule has 0 spiro atoms. The van der Waals surface area contributed by atoms with Gasteiger partial charge in [-0.3, -0.25) is 18.6 Å². The van der Waals surface area contributed by atoms with Crippen LogP contribution in [0.15, 0.2) is 60.8 Å². The van der Waals surface area contributed by atoms with Crippen LogP contribution in [0, 0.1) is 0 Å². The van der Waals surface area contributed by atoms with E-state index < -0.39 is 51.8 Å². The fraction of sp³-hybridized carbons (Fsp3) is 0.714. The van der Waals surface area contributed by atoms with E-state index in [9.17, 15) is 24.2 Å². The molecule has 10 nitrogen and oxygen atoms in total. The lowest BCUT2D eigenvalue weighted by atomic mass is 10.1. The third-order valence-corrected chi connectivity index (χ3v) is 9.10. The number of carbonyl (C=O) groups excluding carboxylic acids is 2. The summed E-state index contributed by atoms with van der Waals surface area (Å²) < 4.78 is 32.6. The molecule has 3 atom stereocenters. The molecule has 0 heterocycles. The van der Waals surface area contributed by atoms with Gasteiger partial charge in [0.25, 0.3) is 0 Å². The second kappa shape index (κ2) is 38.0. The van der Waals surface area contributed by atoms with Gasteiger partial charge in [0, 0.05) is 12.8 Å². The Bertz CT molecular complexity index is 1070. The predicted octanol–water partition coefficient (Wildman–Crippen LogP) is 10.3. The van der Waals surface area contributed by atoms with Gasteiger partial charge in [-0.15, -0.1) is 0 Å². The summed E-state index contributed by atoms with van der Waals surface area (Å²) in [6.45, 7) is 2.24. The topological polar surface area (TPSA) is 149 Å². The van der Waals surface area contributed by atoms with Gasteiger partial charge in [-0.05, 0) is 77.0 Å².